The van der Waals surface area contributed by atoms with Crippen molar-refractivity contribution in [3.05, 3.63) is 24.0 Å². The Hall–Kier alpha value is -1.69. The van der Waals surface area contributed by atoms with Crippen molar-refractivity contribution in [1.82, 2.24) is 20.9 Å². The van der Waals surface area contributed by atoms with E-state index < -0.39 is 0 Å². The van der Waals surface area contributed by atoms with E-state index in [0.717, 1.165) is 12.2 Å². The summed E-state index contributed by atoms with van der Waals surface area (Å²) < 4.78 is 0. The van der Waals surface area contributed by atoms with Crippen molar-refractivity contribution in [2.75, 3.05) is 6.54 Å². The molecule has 0 saturated heterocycles. The number of rotatable bonds is 3. The minimum atomic E-state index is 0.459. The van der Waals surface area contributed by atoms with Crippen LogP contribution in [0.2, 0.25) is 0 Å². The standard InChI is InChI=1S/C8H14N6/c1-2-10-8(13-9)11-6-7-4-3-5-12-14-7/h3-5H,2,6,9H2,1H3,(H2,10,11,13). The van der Waals surface area contributed by atoms with Crippen molar-refractivity contribution >= 4 is 5.96 Å². The van der Waals surface area contributed by atoms with E-state index in [0.29, 0.717) is 12.5 Å². The highest BCUT2D eigenvalue weighted by Gasteiger charge is 1.94. The van der Waals surface area contributed by atoms with E-state index in [-0.39, 0.29) is 0 Å². The Morgan fingerprint density at radius 1 is 1.64 bits per heavy atom. The van der Waals surface area contributed by atoms with Gasteiger partial charge in [-0.2, -0.15) is 10.2 Å². The fourth-order valence-electron chi connectivity index (χ4n) is 0.898. The molecule has 0 atom stereocenters. The van der Waals surface area contributed by atoms with Crippen LogP contribution in [0.25, 0.3) is 0 Å². The van der Waals surface area contributed by atoms with Crippen LogP contribution in [-0.2, 0) is 6.54 Å². The SMILES string of the molecule is CCNC(=NCc1cccnn1)NN. The van der Waals surface area contributed by atoms with Gasteiger partial charge in [-0.3, -0.25) is 5.43 Å². The first-order valence-corrected chi connectivity index (χ1v) is 4.38. The molecule has 0 bridgehead atoms. The predicted molar refractivity (Wildman–Crippen MR) is 54.2 cm³/mol. The van der Waals surface area contributed by atoms with Crippen LogP contribution in [-0.4, -0.2) is 22.7 Å². The minimum Gasteiger partial charge on any atom is -0.356 e. The molecule has 0 fully saturated rings. The zero-order chi connectivity index (χ0) is 10.2. The Bertz CT molecular complexity index is 283. The smallest absolute Gasteiger partial charge is 0.206 e. The highest BCUT2D eigenvalue weighted by molar-refractivity contribution is 5.78. The van der Waals surface area contributed by atoms with E-state index >= 15 is 0 Å². The summed E-state index contributed by atoms with van der Waals surface area (Å²) in [6.07, 6.45) is 1.62. The van der Waals surface area contributed by atoms with Gasteiger partial charge in [0.2, 0.25) is 5.96 Å². The first kappa shape index (κ1) is 10.4. The summed E-state index contributed by atoms with van der Waals surface area (Å²) in [4.78, 5) is 4.17. The molecular weight excluding hydrogens is 180 g/mol. The quantitative estimate of drug-likeness (QED) is 0.259. The summed E-state index contributed by atoms with van der Waals surface area (Å²) in [7, 11) is 0. The highest BCUT2D eigenvalue weighted by atomic mass is 15.3. The van der Waals surface area contributed by atoms with Crippen molar-refractivity contribution in [2.45, 2.75) is 13.5 Å². The molecule has 1 heterocycles. The molecule has 4 N–H and O–H groups in total. The van der Waals surface area contributed by atoms with Gasteiger partial charge in [-0.15, -0.1) is 0 Å². The number of guanidine groups is 1. The number of hydrazine groups is 1. The molecule has 0 amide bonds. The molecule has 1 aromatic heterocycles. The van der Waals surface area contributed by atoms with Crippen molar-refractivity contribution < 1.29 is 0 Å². The van der Waals surface area contributed by atoms with Gasteiger partial charge < -0.3 is 5.32 Å². The predicted octanol–water partition coefficient (Wildman–Crippen LogP) is -0.595. The van der Waals surface area contributed by atoms with Gasteiger partial charge in [0.1, 0.15) is 0 Å². The van der Waals surface area contributed by atoms with Crippen LogP contribution < -0.4 is 16.6 Å². The molecular formula is C8H14N6. The molecule has 0 aliphatic carbocycles. The molecule has 6 nitrogen and oxygen atoms in total. The molecule has 14 heavy (non-hydrogen) atoms. The lowest BCUT2D eigenvalue weighted by molar-refractivity contribution is 0.832. The largest absolute Gasteiger partial charge is 0.356 e. The van der Waals surface area contributed by atoms with E-state index in [1.807, 2.05) is 19.1 Å². The summed E-state index contributed by atoms with van der Waals surface area (Å²) >= 11 is 0. The van der Waals surface area contributed by atoms with Gasteiger partial charge in [0, 0.05) is 12.7 Å². The lowest BCUT2D eigenvalue weighted by Gasteiger charge is -2.05. The number of aromatic nitrogens is 2. The fraction of sp³-hybridized carbons (Fsp3) is 0.375. The van der Waals surface area contributed by atoms with Crippen molar-refractivity contribution in [3.63, 3.8) is 0 Å². The van der Waals surface area contributed by atoms with E-state index in [9.17, 15) is 0 Å². The summed E-state index contributed by atoms with van der Waals surface area (Å²) in [5.41, 5.74) is 3.27. The maximum atomic E-state index is 5.24. The van der Waals surface area contributed by atoms with Crippen LogP contribution in [0.1, 0.15) is 12.6 Å². The van der Waals surface area contributed by atoms with Gasteiger partial charge in [-0.05, 0) is 19.1 Å². The zero-order valence-corrected chi connectivity index (χ0v) is 8.07. The number of nitrogens with one attached hydrogen (secondary N) is 2. The summed E-state index contributed by atoms with van der Waals surface area (Å²) in [6.45, 7) is 3.19. The Kier molecular flexibility index (Phi) is 4.36. The van der Waals surface area contributed by atoms with Crippen LogP contribution >= 0.6 is 0 Å². The minimum absolute atomic E-state index is 0.459. The van der Waals surface area contributed by atoms with E-state index in [1.54, 1.807) is 6.20 Å². The number of aliphatic imine (C=N–C) groups is 1. The normalized spacial score (nSPS) is 11.1. The highest BCUT2D eigenvalue weighted by Crippen LogP contribution is 1.92. The second kappa shape index (κ2) is 5.87. The second-order valence-corrected chi connectivity index (χ2v) is 2.55. The van der Waals surface area contributed by atoms with Crippen LogP contribution in [0.15, 0.2) is 23.3 Å². The molecule has 0 aliphatic rings. The molecule has 0 spiro atoms. The molecule has 0 unspecified atom stereocenters. The second-order valence-electron chi connectivity index (χ2n) is 2.55. The number of nitrogens with zero attached hydrogens (tertiary/aromatic N) is 3. The van der Waals surface area contributed by atoms with Crippen molar-refractivity contribution in [1.29, 1.82) is 0 Å². The van der Waals surface area contributed by atoms with Gasteiger partial charge in [0.25, 0.3) is 0 Å². The topological polar surface area (TPSA) is 88.2 Å². The Morgan fingerprint density at radius 3 is 3.07 bits per heavy atom. The molecule has 0 saturated carbocycles. The van der Waals surface area contributed by atoms with Gasteiger partial charge in [-0.1, -0.05) is 0 Å². The Balaban J connectivity index is 2.52. The third kappa shape index (κ3) is 3.36. The summed E-state index contributed by atoms with van der Waals surface area (Å²) in [6, 6.07) is 3.68. The third-order valence-electron chi connectivity index (χ3n) is 1.51. The average molecular weight is 194 g/mol. The molecule has 0 radical (unpaired) electrons. The Morgan fingerprint density at radius 2 is 2.50 bits per heavy atom. The maximum absolute atomic E-state index is 5.24. The third-order valence-corrected chi connectivity index (χ3v) is 1.51. The molecule has 76 valence electrons. The molecule has 1 aromatic rings. The lowest BCUT2D eigenvalue weighted by atomic mass is 10.4. The van der Waals surface area contributed by atoms with Crippen molar-refractivity contribution in [3.8, 4) is 0 Å². The fourth-order valence-corrected chi connectivity index (χ4v) is 0.898. The maximum Gasteiger partial charge on any atom is 0.206 e. The van der Waals surface area contributed by atoms with Crippen LogP contribution in [0, 0.1) is 0 Å². The van der Waals surface area contributed by atoms with Crippen LogP contribution in [0.3, 0.4) is 0 Å². The van der Waals surface area contributed by atoms with Crippen LogP contribution in [0.5, 0.6) is 0 Å². The van der Waals surface area contributed by atoms with E-state index in [2.05, 4.69) is 25.9 Å². The summed E-state index contributed by atoms with van der Waals surface area (Å²) in [5, 5.41) is 10.6. The van der Waals surface area contributed by atoms with Crippen LogP contribution in [0.4, 0.5) is 0 Å². The van der Waals surface area contributed by atoms with Gasteiger partial charge in [-0.25, -0.2) is 10.8 Å². The van der Waals surface area contributed by atoms with Gasteiger partial charge >= 0.3 is 0 Å². The average Bonchev–Trinajstić information content (AvgIpc) is 2.25. The monoisotopic (exact) mass is 194 g/mol. The first-order valence-electron chi connectivity index (χ1n) is 4.38. The van der Waals surface area contributed by atoms with Gasteiger partial charge in [0.15, 0.2) is 0 Å². The molecule has 0 aliphatic heterocycles. The zero-order valence-electron chi connectivity index (χ0n) is 8.07. The summed E-state index contributed by atoms with van der Waals surface area (Å²) in [5.74, 6) is 5.80. The van der Waals surface area contributed by atoms with Gasteiger partial charge in [0.05, 0.1) is 12.2 Å². The molecule has 0 aromatic carbocycles. The Labute approximate surface area is 82.6 Å². The molecule has 1 rings (SSSR count). The number of nitrogens with two attached hydrogens (primary N) is 1. The molecule has 6 heteroatoms. The number of hydrogen-bond acceptors (Lipinski definition) is 4. The number of hydrogen-bond donors (Lipinski definition) is 3. The first-order chi connectivity index (χ1) is 6.86. The van der Waals surface area contributed by atoms with E-state index in [1.165, 1.54) is 0 Å². The van der Waals surface area contributed by atoms with E-state index in [4.69, 9.17) is 5.84 Å². The lowest BCUT2D eigenvalue weighted by Crippen LogP contribution is -2.41. The van der Waals surface area contributed by atoms with Crippen molar-refractivity contribution in [2.24, 2.45) is 10.8 Å².